The highest BCUT2D eigenvalue weighted by atomic mass is 32.1. The van der Waals surface area contributed by atoms with Gasteiger partial charge < -0.3 is 14.4 Å². The van der Waals surface area contributed by atoms with Crippen LogP contribution in [0.4, 0.5) is 0 Å². The molecule has 1 amide bonds. The number of carbonyl (C=O) groups excluding carboxylic acids is 1. The van der Waals surface area contributed by atoms with Crippen molar-refractivity contribution in [2.45, 2.75) is 39.3 Å². The number of para-hydroxylation sites is 1. The molecular formula is C24H26N2O3S. The van der Waals surface area contributed by atoms with Crippen molar-refractivity contribution in [3.63, 3.8) is 0 Å². The number of ether oxygens (including phenoxy) is 2. The maximum absolute atomic E-state index is 12.8. The van der Waals surface area contributed by atoms with Crippen LogP contribution in [0.5, 0.6) is 11.5 Å². The Morgan fingerprint density at radius 1 is 1.40 bits per heavy atom. The number of amides is 1. The van der Waals surface area contributed by atoms with Crippen molar-refractivity contribution in [1.29, 1.82) is 0 Å². The van der Waals surface area contributed by atoms with Gasteiger partial charge in [0.1, 0.15) is 22.6 Å². The average molecular weight is 423 g/mol. The van der Waals surface area contributed by atoms with E-state index in [4.69, 9.17) is 9.47 Å². The predicted molar refractivity (Wildman–Crippen MR) is 121 cm³/mol. The Morgan fingerprint density at radius 3 is 2.97 bits per heavy atom. The van der Waals surface area contributed by atoms with E-state index in [0.29, 0.717) is 6.61 Å². The molecule has 0 saturated carbocycles. The van der Waals surface area contributed by atoms with E-state index >= 15 is 0 Å². The highest BCUT2D eigenvalue weighted by Gasteiger charge is 2.22. The van der Waals surface area contributed by atoms with Gasteiger partial charge in [-0.2, -0.15) is 0 Å². The first-order chi connectivity index (χ1) is 14.5. The number of hydrogen-bond donors (Lipinski definition) is 0. The summed E-state index contributed by atoms with van der Waals surface area (Å²) in [5, 5.41) is 0.926. The van der Waals surface area contributed by atoms with E-state index in [0.717, 1.165) is 44.3 Å². The van der Waals surface area contributed by atoms with Crippen LogP contribution in [0.2, 0.25) is 0 Å². The van der Waals surface area contributed by atoms with Crippen LogP contribution in [0.15, 0.2) is 42.5 Å². The first-order valence-electron chi connectivity index (χ1n) is 10.2. The minimum absolute atomic E-state index is 0.0843. The fourth-order valence-corrected chi connectivity index (χ4v) is 4.63. The van der Waals surface area contributed by atoms with Gasteiger partial charge in [-0.3, -0.25) is 4.79 Å². The summed E-state index contributed by atoms with van der Waals surface area (Å²) in [6.45, 7) is 6.58. The fourth-order valence-electron chi connectivity index (χ4n) is 3.57. The minimum Gasteiger partial charge on any atom is -0.493 e. The molecule has 30 heavy (non-hydrogen) atoms. The van der Waals surface area contributed by atoms with Gasteiger partial charge in [0.05, 0.1) is 22.9 Å². The Hall–Kier alpha value is -2.86. The number of thiazole rings is 1. The molecule has 1 aliphatic rings. The van der Waals surface area contributed by atoms with Crippen LogP contribution in [0, 0.1) is 0 Å². The van der Waals surface area contributed by atoms with Crippen molar-refractivity contribution < 1.29 is 14.3 Å². The second-order valence-corrected chi connectivity index (χ2v) is 8.60. The molecule has 4 rings (SSSR count). The van der Waals surface area contributed by atoms with Crippen LogP contribution < -0.4 is 9.47 Å². The lowest BCUT2D eigenvalue weighted by molar-refractivity contribution is -0.126. The van der Waals surface area contributed by atoms with E-state index in [-0.39, 0.29) is 18.1 Å². The normalized spacial score (nSPS) is 16.5. The van der Waals surface area contributed by atoms with Crippen molar-refractivity contribution in [1.82, 2.24) is 9.88 Å². The second kappa shape index (κ2) is 8.48. The predicted octanol–water partition coefficient (Wildman–Crippen LogP) is 5.25. The molecule has 5 nitrogen and oxygen atoms in total. The van der Waals surface area contributed by atoms with Crippen LogP contribution in [0.3, 0.4) is 0 Å². The van der Waals surface area contributed by atoms with Crippen molar-refractivity contribution in [3.05, 3.63) is 58.6 Å². The number of likely N-dealkylation sites (N-methyl/N-ethyl adjacent to an activating group) is 1. The van der Waals surface area contributed by atoms with Crippen LogP contribution in [0.25, 0.3) is 16.3 Å². The third kappa shape index (κ3) is 4.05. The smallest absolute Gasteiger partial charge is 0.246 e. The number of fused-ring (bicyclic) bond motifs is 2. The molecule has 2 heterocycles. The lowest BCUT2D eigenvalue weighted by Crippen LogP contribution is -2.27. The third-order valence-corrected chi connectivity index (χ3v) is 6.54. The zero-order valence-corrected chi connectivity index (χ0v) is 18.5. The van der Waals surface area contributed by atoms with Gasteiger partial charge in [0.2, 0.25) is 5.91 Å². The summed E-state index contributed by atoms with van der Waals surface area (Å²) in [5.74, 6) is 1.56. The van der Waals surface area contributed by atoms with Crippen LogP contribution in [0.1, 0.15) is 42.9 Å². The molecule has 0 unspecified atom stereocenters. The molecule has 0 saturated heterocycles. The number of benzene rings is 2. The Morgan fingerprint density at radius 2 is 2.20 bits per heavy atom. The summed E-state index contributed by atoms with van der Waals surface area (Å²) < 4.78 is 12.8. The zero-order chi connectivity index (χ0) is 21.3. The van der Waals surface area contributed by atoms with Gasteiger partial charge in [-0.05, 0) is 51.1 Å². The fraction of sp³-hybridized carbons (Fsp3) is 0.333. The Kier molecular flexibility index (Phi) is 5.77. The third-order valence-electron chi connectivity index (χ3n) is 5.33. The molecule has 156 valence electrons. The van der Waals surface area contributed by atoms with Gasteiger partial charge in [-0.1, -0.05) is 12.1 Å². The van der Waals surface area contributed by atoms with Gasteiger partial charge in [0, 0.05) is 30.7 Å². The minimum atomic E-state index is -0.116. The summed E-state index contributed by atoms with van der Waals surface area (Å²) >= 11 is 1.62. The van der Waals surface area contributed by atoms with Crippen molar-refractivity contribution >= 4 is 33.5 Å². The topological polar surface area (TPSA) is 51.7 Å². The first kappa shape index (κ1) is 20.4. The van der Waals surface area contributed by atoms with Gasteiger partial charge in [-0.25, -0.2) is 4.98 Å². The maximum atomic E-state index is 12.8. The molecule has 2 aromatic carbocycles. The van der Waals surface area contributed by atoms with Crippen LogP contribution >= 0.6 is 11.3 Å². The molecular weight excluding hydrogens is 396 g/mol. The Balaban J connectivity index is 1.53. The number of hydrogen-bond acceptors (Lipinski definition) is 5. The van der Waals surface area contributed by atoms with Gasteiger partial charge >= 0.3 is 0 Å². The van der Waals surface area contributed by atoms with Gasteiger partial charge in [0.15, 0.2) is 0 Å². The van der Waals surface area contributed by atoms with Crippen LogP contribution in [-0.4, -0.2) is 35.5 Å². The molecule has 0 spiro atoms. The first-order valence-corrected chi connectivity index (χ1v) is 11.0. The van der Waals surface area contributed by atoms with Crippen molar-refractivity contribution in [3.8, 4) is 11.5 Å². The zero-order valence-electron chi connectivity index (χ0n) is 17.7. The summed E-state index contributed by atoms with van der Waals surface area (Å²) in [6.07, 6.45) is 4.44. The molecule has 6 heteroatoms. The van der Waals surface area contributed by atoms with E-state index in [1.807, 2.05) is 50.3 Å². The number of rotatable bonds is 6. The molecule has 2 atom stereocenters. The van der Waals surface area contributed by atoms with Crippen molar-refractivity contribution in [2.24, 2.45) is 0 Å². The summed E-state index contributed by atoms with van der Waals surface area (Å²) in [4.78, 5) is 19.2. The number of carbonyl (C=O) groups is 1. The highest BCUT2D eigenvalue weighted by Crippen LogP contribution is 2.36. The summed E-state index contributed by atoms with van der Waals surface area (Å²) in [6, 6.07) is 11.9. The SMILES string of the molecule is CCOc1cc2c(cc1/C=C/C(=O)N(C)[C@H](C)c1nc3ccccc3s1)O[C@@H](C)C2. The standard InChI is InChI=1S/C24H26N2O3S/c1-5-28-20-14-18-12-15(2)29-21(18)13-17(20)10-11-23(27)26(4)16(3)24-25-19-8-6-7-9-22(19)30-24/h6-11,13-16H,5,12H2,1-4H3/b11-10+/t15-,16+/m0/s1. The molecule has 0 fully saturated rings. The summed E-state index contributed by atoms with van der Waals surface area (Å²) in [7, 11) is 1.81. The van der Waals surface area contributed by atoms with E-state index in [2.05, 4.69) is 18.0 Å². The molecule has 0 N–H and O–H groups in total. The highest BCUT2D eigenvalue weighted by molar-refractivity contribution is 7.18. The molecule has 3 aromatic rings. The maximum Gasteiger partial charge on any atom is 0.246 e. The quantitative estimate of drug-likeness (QED) is 0.509. The summed E-state index contributed by atoms with van der Waals surface area (Å²) in [5.41, 5.74) is 2.96. The molecule has 0 aliphatic carbocycles. The van der Waals surface area contributed by atoms with E-state index in [9.17, 15) is 4.79 Å². The van der Waals surface area contributed by atoms with E-state index in [1.54, 1.807) is 29.4 Å². The average Bonchev–Trinajstić information content (AvgIpc) is 3.33. The van der Waals surface area contributed by atoms with Crippen molar-refractivity contribution in [2.75, 3.05) is 13.7 Å². The number of aromatic nitrogens is 1. The molecule has 0 radical (unpaired) electrons. The van der Waals surface area contributed by atoms with Crippen LogP contribution in [-0.2, 0) is 11.2 Å². The lowest BCUT2D eigenvalue weighted by atomic mass is 10.1. The lowest BCUT2D eigenvalue weighted by Gasteiger charge is -2.21. The Bertz CT molecular complexity index is 1070. The number of nitrogens with zero attached hydrogens (tertiary/aromatic N) is 2. The van der Waals surface area contributed by atoms with Gasteiger partial charge in [-0.15, -0.1) is 11.3 Å². The van der Waals surface area contributed by atoms with E-state index in [1.165, 1.54) is 0 Å². The van der Waals surface area contributed by atoms with E-state index < -0.39 is 0 Å². The van der Waals surface area contributed by atoms with Gasteiger partial charge in [0.25, 0.3) is 0 Å². The molecule has 1 aliphatic heterocycles. The second-order valence-electron chi connectivity index (χ2n) is 7.54. The molecule has 0 bridgehead atoms. The monoisotopic (exact) mass is 422 g/mol. The Labute approximate surface area is 180 Å². The molecule has 1 aromatic heterocycles. The largest absolute Gasteiger partial charge is 0.493 e.